The van der Waals surface area contributed by atoms with Gasteiger partial charge in [0, 0.05) is 24.0 Å². The third-order valence-corrected chi connectivity index (χ3v) is 11.6. The highest BCUT2D eigenvalue weighted by molar-refractivity contribution is 6.06. The number of anilines is 2. The Hall–Kier alpha value is -7.58. The topological polar surface area (TPSA) is 83.3 Å². The molecule has 0 spiro atoms. The number of oxazole rings is 2. The van der Waals surface area contributed by atoms with Crippen LogP contribution in [0.2, 0.25) is 0 Å². The molecule has 0 fully saturated rings. The van der Waals surface area contributed by atoms with Crippen molar-refractivity contribution >= 4 is 45.0 Å². The minimum Gasteiger partial charge on any atom is -0.436 e. The molecule has 2 atom stereocenters. The lowest BCUT2D eigenvalue weighted by Crippen LogP contribution is -2.18. The molecule has 290 valence electrons. The quantitative estimate of drug-likeness (QED) is 0.153. The van der Waals surface area contributed by atoms with Crippen LogP contribution in [-0.2, 0) is 0 Å². The van der Waals surface area contributed by atoms with Crippen LogP contribution in [0, 0.1) is 13.8 Å². The summed E-state index contributed by atoms with van der Waals surface area (Å²) in [6, 6.07) is 58.9. The maximum absolute atomic E-state index is 6.11. The molecule has 2 aliphatic rings. The Balaban J connectivity index is 0.851. The van der Waals surface area contributed by atoms with Gasteiger partial charge in [0.05, 0.1) is 34.9 Å². The summed E-state index contributed by atoms with van der Waals surface area (Å²) in [6.07, 6.45) is 1.53. The molecule has 2 aliphatic heterocycles. The summed E-state index contributed by atoms with van der Waals surface area (Å²) >= 11 is 0. The number of fused-ring (bicyclic) bond motifs is 2. The molecule has 8 heteroatoms. The fraction of sp³-hybridized carbons (Fsp3) is 0.115. The van der Waals surface area contributed by atoms with E-state index in [9.17, 15) is 0 Å². The van der Waals surface area contributed by atoms with Gasteiger partial charge < -0.3 is 8.83 Å². The van der Waals surface area contributed by atoms with Gasteiger partial charge in [0.1, 0.15) is 11.0 Å². The Kier molecular flexibility index (Phi) is 8.69. The Morgan fingerprint density at radius 1 is 0.433 bits per heavy atom. The van der Waals surface area contributed by atoms with Crippen molar-refractivity contribution < 1.29 is 8.83 Å². The summed E-state index contributed by atoms with van der Waals surface area (Å²) < 4.78 is 12.2. The first-order chi connectivity index (χ1) is 29.5. The van der Waals surface area contributed by atoms with Crippen LogP contribution in [0.25, 0.3) is 45.1 Å². The molecule has 0 saturated heterocycles. The number of hydrogen-bond donors (Lipinski definition) is 0. The molecular weight excluding hydrogens is 741 g/mol. The zero-order chi connectivity index (χ0) is 40.2. The fourth-order valence-electron chi connectivity index (χ4n) is 8.40. The number of benzene rings is 7. The summed E-state index contributed by atoms with van der Waals surface area (Å²) in [7, 11) is 0. The van der Waals surface area contributed by atoms with Gasteiger partial charge in [-0.1, -0.05) is 97.1 Å². The third kappa shape index (κ3) is 6.62. The highest BCUT2D eigenvalue weighted by Crippen LogP contribution is 2.40. The van der Waals surface area contributed by atoms with E-state index in [1.807, 2.05) is 36.4 Å². The number of nitrogens with zero attached hydrogens (tertiary/aromatic N) is 6. The van der Waals surface area contributed by atoms with Crippen molar-refractivity contribution in [2.75, 3.05) is 10.0 Å². The van der Waals surface area contributed by atoms with Gasteiger partial charge in [-0.15, -0.1) is 0 Å². The van der Waals surface area contributed by atoms with E-state index in [0.29, 0.717) is 11.8 Å². The van der Waals surface area contributed by atoms with Gasteiger partial charge in [-0.2, -0.15) is 10.2 Å². The highest BCUT2D eigenvalue weighted by atomic mass is 16.4. The van der Waals surface area contributed by atoms with Crippen molar-refractivity contribution in [3.05, 3.63) is 203 Å². The standard InChI is InChI=1S/C52H40N6O2/c1-33-13-27-49-45(29-33)53-51(59-49)39-23-19-37(20-24-39)47-31-43(55-57(47)41-9-5-3-6-10-41)35-15-17-36(18-16-35)44-32-48(58(56-44)42-11-7-4-8-12-42)38-21-25-40(26-22-38)52-54-46-30-34(2)14-28-50(46)60-52/h3-30,47-48H,31-32H2,1-2H3. The molecule has 4 heterocycles. The lowest BCUT2D eigenvalue weighted by atomic mass is 9.95. The maximum atomic E-state index is 6.11. The van der Waals surface area contributed by atoms with Gasteiger partial charge >= 0.3 is 0 Å². The van der Waals surface area contributed by atoms with E-state index in [1.165, 1.54) is 11.1 Å². The van der Waals surface area contributed by atoms with Crippen molar-refractivity contribution in [3.8, 4) is 22.9 Å². The molecule has 0 aliphatic carbocycles. The first-order valence-corrected chi connectivity index (χ1v) is 20.4. The summed E-state index contributed by atoms with van der Waals surface area (Å²) in [5, 5.41) is 14.8. The van der Waals surface area contributed by atoms with Crippen molar-refractivity contribution in [1.82, 2.24) is 9.97 Å². The number of rotatable bonds is 8. The maximum Gasteiger partial charge on any atom is 0.227 e. The first-order valence-electron chi connectivity index (χ1n) is 20.4. The van der Waals surface area contributed by atoms with E-state index >= 15 is 0 Å². The monoisotopic (exact) mass is 780 g/mol. The molecule has 0 radical (unpaired) electrons. The molecule has 9 aromatic rings. The van der Waals surface area contributed by atoms with Crippen molar-refractivity contribution in [3.63, 3.8) is 0 Å². The van der Waals surface area contributed by atoms with E-state index in [0.717, 1.165) is 91.2 Å². The van der Waals surface area contributed by atoms with E-state index in [1.54, 1.807) is 0 Å². The van der Waals surface area contributed by atoms with Crippen LogP contribution >= 0.6 is 0 Å². The average molecular weight is 781 g/mol. The van der Waals surface area contributed by atoms with Crippen molar-refractivity contribution in [2.24, 2.45) is 10.2 Å². The zero-order valence-corrected chi connectivity index (χ0v) is 33.2. The van der Waals surface area contributed by atoms with Gasteiger partial charge in [0.25, 0.3) is 0 Å². The second-order valence-electron chi connectivity index (χ2n) is 15.7. The minimum atomic E-state index is 0.0278. The molecule has 60 heavy (non-hydrogen) atoms. The number of aryl methyl sites for hydroxylation is 2. The third-order valence-electron chi connectivity index (χ3n) is 11.6. The van der Waals surface area contributed by atoms with Gasteiger partial charge in [0.2, 0.25) is 11.8 Å². The highest BCUT2D eigenvalue weighted by Gasteiger charge is 2.32. The van der Waals surface area contributed by atoms with E-state index < -0.39 is 0 Å². The number of para-hydroxylation sites is 2. The van der Waals surface area contributed by atoms with Crippen LogP contribution in [-0.4, -0.2) is 21.4 Å². The summed E-state index contributed by atoms with van der Waals surface area (Å²) in [5.41, 5.74) is 16.3. The lowest BCUT2D eigenvalue weighted by molar-refractivity contribution is 0.619. The second-order valence-corrected chi connectivity index (χ2v) is 15.7. The predicted molar refractivity (Wildman–Crippen MR) is 240 cm³/mol. The van der Waals surface area contributed by atoms with Gasteiger partial charge in [-0.3, -0.25) is 10.0 Å². The smallest absolute Gasteiger partial charge is 0.227 e. The van der Waals surface area contributed by atoms with Crippen LogP contribution < -0.4 is 10.0 Å². The Bertz CT molecular complexity index is 2850. The molecular formula is C52H40N6O2. The normalized spacial score (nSPS) is 16.5. The van der Waals surface area contributed by atoms with Crippen LogP contribution in [0.15, 0.2) is 189 Å². The summed E-state index contributed by atoms with van der Waals surface area (Å²) in [5.74, 6) is 1.25. The second kappa shape index (κ2) is 14.7. The summed E-state index contributed by atoms with van der Waals surface area (Å²) in [4.78, 5) is 9.53. The molecule has 7 aromatic carbocycles. The van der Waals surface area contributed by atoms with Crippen LogP contribution in [0.4, 0.5) is 11.4 Å². The van der Waals surface area contributed by atoms with Gasteiger partial charge in [0.15, 0.2) is 11.2 Å². The van der Waals surface area contributed by atoms with E-state index in [4.69, 9.17) is 29.0 Å². The van der Waals surface area contributed by atoms with Crippen molar-refractivity contribution in [2.45, 2.75) is 38.8 Å². The molecule has 0 saturated carbocycles. The SMILES string of the molecule is Cc1ccc2oc(-c3ccc(C4CC(c5ccc(C6=NN(c7ccccc7)C(c7ccc(-c8nc9cc(C)ccc9o8)cc7)C6)cc5)=NN4c4ccccc4)cc3)nc2c1. The molecule has 11 rings (SSSR count). The Labute approximate surface area is 347 Å². The molecule has 2 unspecified atom stereocenters. The van der Waals surface area contributed by atoms with Crippen LogP contribution in [0.3, 0.4) is 0 Å². The first kappa shape index (κ1) is 35.6. The van der Waals surface area contributed by atoms with Gasteiger partial charge in [-0.05, 0) is 120 Å². The van der Waals surface area contributed by atoms with Crippen LogP contribution in [0.5, 0.6) is 0 Å². The van der Waals surface area contributed by atoms with Crippen molar-refractivity contribution in [1.29, 1.82) is 0 Å². The lowest BCUT2D eigenvalue weighted by Gasteiger charge is -2.24. The number of hydrazone groups is 2. The Morgan fingerprint density at radius 3 is 1.22 bits per heavy atom. The average Bonchev–Trinajstić information content (AvgIpc) is 4.12. The van der Waals surface area contributed by atoms with Crippen LogP contribution in [0.1, 0.15) is 58.3 Å². The van der Waals surface area contributed by atoms with Gasteiger partial charge in [-0.25, -0.2) is 9.97 Å². The molecule has 8 nitrogen and oxygen atoms in total. The predicted octanol–water partition coefficient (Wildman–Crippen LogP) is 12.6. The minimum absolute atomic E-state index is 0.0278. The summed E-state index contributed by atoms with van der Waals surface area (Å²) in [6.45, 7) is 4.13. The molecule has 0 amide bonds. The Morgan fingerprint density at radius 2 is 0.817 bits per heavy atom. The van der Waals surface area contributed by atoms with E-state index in [2.05, 4.69) is 157 Å². The molecule has 0 bridgehead atoms. The fourth-order valence-corrected chi connectivity index (χ4v) is 8.40. The largest absolute Gasteiger partial charge is 0.436 e. The zero-order valence-electron chi connectivity index (χ0n) is 33.2. The molecule has 2 aromatic heterocycles. The number of hydrogen-bond acceptors (Lipinski definition) is 8. The van der Waals surface area contributed by atoms with E-state index in [-0.39, 0.29) is 12.1 Å². The molecule has 0 N–H and O–H groups in total. The number of aromatic nitrogens is 2.